The van der Waals surface area contributed by atoms with Crippen LogP contribution in [0.4, 0.5) is 0 Å². The maximum absolute atomic E-state index is 4.55. The average Bonchev–Trinajstić information content (AvgIpc) is 3.19. The number of nitrogens with one attached hydrogen (secondary N) is 2. The van der Waals surface area contributed by atoms with Gasteiger partial charge in [0.15, 0.2) is 5.82 Å². The van der Waals surface area contributed by atoms with Crippen molar-refractivity contribution in [3.05, 3.63) is 46.9 Å². The summed E-state index contributed by atoms with van der Waals surface area (Å²) in [4.78, 5) is 8.86. The molecule has 0 bridgehead atoms. The molecule has 0 fully saturated rings. The van der Waals surface area contributed by atoms with Gasteiger partial charge in [-0.1, -0.05) is 0 Å². The van der Waals surface area contributed by atoms with Crippen molar-refractivity contribution in [2.24, 2.45) is 0 Å². The SMILES string of the molecule is Cc1ccnc(-c2n[nH]c(C(C)NC(C)c3ccsn3)n2)c1. The van der Waals surface area contributed by atoms with Crippen LogP contribution in [0.15, 0.2) is 29.8 Å². The number of aryl methyl sites for hydroxylation is 1. The van der Waals surface area contributed by atoms with Crippen LogP contribution in [0.2, 0.25) is 0 Å². The van der Waals surface area contributed by atoms with Crippen LogP contribution < -0.4 is 5.32 Å². The molecule has 3 rings (SSSR count). The summed E-state index contributed by atoms with van der Waals surface area (Å²) < 4.78 is 4.35. The second kappa shape index (κ2) is 6.33. The Hall–Kier alpha value is -2.12. The minimum absolute atomic E-state index is 0.0442. The van der Waals surface area contributed by atoms with Gasteiger partial charge in [0.05, 0.1) is 11.7 Å². The first-order valence-electron chi connectivity index (χ1n) is 7.15. The molecule has 0 saturated carbocycles. The third kappa shape index (κ3) is 3.20. The quantitative estimate of drug-likeness (QED) is 0.756. The Morgan fingerprint density at radius 3 is 2.82 bits per heavy atom. The minimum Gasteiger partial charge on any atom is -0.299 e. The van der Waals surface area contributed by atoms with E-state index in [1.54, 1.807) is 6.20 Å². The fraction of sp³-hybridized carbons (Fsp3) is 0.333. The first kappa shape index (κ1) is 14.8. The van der Waals surface area contributed by atoms with Crippen molar-refractivity contribution in [2.75, 3.05) is 0 Å². The number of hydrogen-bond acceptors (Lipinski definition) is 6. The van der Waals surface area contributed by atoms with Gasteiger partial charge in [0.25, 0.3) is 0 Å². The third-order valence-corrected chi connectivity index (χ3v) is 4.03. The van der Waals surface area contributed by atoms with Gasteiger partial charge in [0.2, 0.25) is 0 Å². The molecule has 0 radical (unpaired) electrons. The van der Waals surface area contributed by atoms with Gasteiger partial charge in [-0.05, 0) is 56.1 Å². The molecular formula is C15H18N6S. The van der Waals surface area contributed by atoms with E-state index in [4.69, 9.17) is 0 Å². The normalized spacial score (nSPS) is 14.0. The molecule has 2 atom stereocenters. The number of nitrogens with zero attached hydrogens (tertiary/aromatic N) is 4. The van der Waals surface area contributed by atoms with Crippen molar-refractivity contribution < 1.29 is 0 Å². The topological polar surface area (TPSA) is 79.4 Å². The maximum atomic E-state index is 4.55. The molecule has 7 heteroatoms. The maximum Gasteiger partial charge on any atom is 0.199 e. The summed E-state index contributed by atoms with van der Waals surface area (Å²) in [6, 6.07) is 6.16. The molecule has 3 aromatic heterocycles. The van der Waals surface area contributed by atoms with E-state index in [0.29, 0.717) is 5.82 Å². The Labute approximate surface area is 133 Å². The summed E-state index contributed by atoms with van der Waals surface area (Å²) in [5.41, 5.74) is 2.96. The molecule has 0 spiro atoms. The standard InChI is InChI=1S/C15H18N6S/c1-9-4-6-16-13(8-9)15-18-14(19-20-15)11(3)17-10(2)12-5-7-22-21-12/h4-8,10-11,17H,1-3H3,(H,18,19,20). The number of aromatic nitrogens is 5. The number of hydrogen-bond donors (Lipinski definition) is 2. The Balaban J connectivity index is 1.73. The van der Waals surface area contributed by atoms with Crippen molar-refractivity contribution in [1.82, 2.24) is 29.9 Å². The molecule has 0 amide bonds. The predicted octanol–water partition coefficient (Wildman–Crippen LogP) is 3.04. The highest BCUT2D eigenvalue weighted by Gasteiger charge is 2.16. The zero-order valence-electron chi connectivity index (χ0n) is 12.7. The van der Waals surface area contributed by atoms with Crippen LogP contribution in [-0.2, 0) is 0 Å². The monoisotopic (exact) mass is 314 g/mol. The van der Waals surface area contributed by atoms with Crippen LogP contribution >= 0.6 is 11.5 Å². The van der Waals surface area contributed by atoms with Crippen molar-refractivity contribution in [1.29, 1.82) is 0 Å². The van der Waals surface area contributed by atoms with Crippen LogP contribution in [0.1, 0.15) is 43.0 Å². The Morgan fingerprint density at radius 2 is 2.09 bits per heavy atom. The molecule has 0 aliphatic heterocycles. The fourth-order valence-corrected chi connectivity index (χ4v) is 2.83. The zero-order chi connectivity index (χ0) is 15.5. The van der Waals surface area contributed by atoms with Gasteiger partial charge in [-0.15, -0.1) is 0 Å². The first-order chi connectivity index (χ1) is 10.6. The van der Waals surface area contributed by atoms with Crippen molar-refractivity contribution in [3.8, 4) is 11.5 Å². The van der Waals surface area contributed by atoms with Crippen LogP contribution in [0.3, 0.4) is 0 Å². The number of rotatable bonds is 5. The lowest BCUT2D eigenvalue weighted by Crippen LogP contribution is -2.23. The first-order valence-corrected chi connectivity index (χ1v) is 7.99. The Kier molecular flexibility index (Phi) is 4.26. The van der Waals surface area contributed by atoms with Crippen molar-refractivity contribution >= 4 is 11.5 Å². The van der Waals surface area contributed by atoms with Gasteiger partial charge in [-0.25, -0.2) is 4.98 Å². The minimum atomic E-state index is 0.0442. The molecule has 3 aromatic rings. The van der Waals surface area contributed by atoms with Gasteiger partial charge >= 0.3 is 0 Å². The molecular weight excluding hydrogens is 296 g/mol. The van der Waals surface area contributed by atoms with E-state index in [1.807, 2.05) is 30.5 Å². The predicted molar refractivity (Wildman–Crippen MR) is 86.4 cm³/mol. The van der Waals surface area contributed by atoms with E-state index < -0.39 is 0 Å². The zero-order valence-corrected chi connectivity index (χ0v) is 13.6. The summed E-state index contributed by atoms with van der Waals surface area (Å²) in [7, 11) is 0. The van der Waals surface area contributed by atoms with Crippen LogP contribution in [-0.4, -0.2) is 24.5 Å². The van der Waals surface area contributed by atoms with E-state index in [1.165, 1.54) is 11.5 Å². The molecule has 114 valence electrons. The van der Waals surface area contributed by atoms with E-state index >= 15 is 0 Å². The summed E-state index contributed by atoms with van der Waals surface area (Å²) in [6.45, 7) is 6.17. The summed E-state index contributed by atoms with van der Waals surface area (Å²) in [5, 5.41) is 12.7. The van der Waals surface area contributed by atoms with Gasteiger partial charge in [0.1, 0.15) is 11.5 Å². The van der Waals surface area contributed by atoms with Gasteiger partial charge in [-0.3, -0.25) is 15.4 Å². The number of pyridine rings is 1. The highest BCUT2D eigenvalue weighted by molar-refractivity contribution is 7.03. The molecule has 0 aliphatic carbocycles. The summed E-state index contributed by atoms with van der Waals surface area (Å²) >= 11 is 1.46. The van der Waals surface area contributed by atoms with E-state index in [2.05, 4.69) is 43.7 Å². The summed E-state index contributed by atoms with van der Waals surface area (Å²) in [6.07, 6.45) is 1.77. The molecule has 0 aromatic carbocycles. The lowest BCUT2D eigenvalue weighted by Gasteiger charge is -2.16. The molecule has 2 unspecified atom stereocenters. The summed E-state index contributed by atoms with van der Waals surface area (Å²) in [5.74, 6) is 1.41. The Bertz CT molecular complexity index is 736. The molecule has 0 saturated heterocycles. The average molecular weight is 314 g/mol. The largest absolute Gasteiger partial charge is 0.299 e. The van der Waals surface area contributed by atoms with E-state index in [9.17, 15) is 0 Å². The number of aromatic amines is 1. The number of H-pyrrole nitrogens is 1. The lowest BCUT2D eigenvalue weighted by molar-refractivity contribution is 0.472. The second-order valence-electron chi connectivity index (χ2n) is 5.30. The van der Waals surface area contributed by atoms with Crippen molar-refractivity contribution in [2.45, 2.75) is 32.9 Å². The highest BCUT2D eigenvalue weighted by atomic mass is 32.1. The van der Waals surface area contributed by atoms with Gasteiger partial charge in [0, 0.05) is 17.6 Å². The molecule has 2 N–H and O–H groups in total. The lowest BCUT2D eigenvalue weighted by atomic mass is 10.2. The van der Waals surface area contributed by atoms with Crippen LogP contribution in [0.5, 0.6) is 0 Å². The van der Waals surface area contributed by atoms with E-state index in [-0.39, 0.29) is 12.1 Å². The third-order valence-electron chi connectivity index (χ3n) is 3.46. The molecule has 0 aliphatic rings. The van der Waals surface area contributed by atoms with Crippen LogP contribution in [0, 0.1) is 6.92 Å². The fourth-order valence-electron chi connectivity index (χ4n) is 2.23. The molecule has 6 nitrogen and oxygen atoms in total. The van der Waals surface area contributed by atoms with Crippen LogP contribution in [0.25, 0.3) is 11.5 Å². The molecule has 22 heavy (non-hydrogen) atoms. The van der Waals surface area contributed by atoms with Gasteiger partial charge in [-0.2, -0.15) is 9.47 Å². The van der Waals surface area contributed by atoms with E-state index in [0.717, 1.165) is 22.8 Å². The Morgan fingerprint density at radius 1 is 1.23 bits per heavy atom. The van der Waals surface area contributed by atoms with Crippen molar-refractivity contribution in [3.63, 3.8) is 0 Å². The smallest absolute Gasteiger partial charge is 0.199 e. The highest BCUT2D eigenvalue weighted by Crippen LogP contribution is 2.19. The second-order valence-corrected chi connectivity index (χ2v) is 5.96. The van der Waals surface area contributed by atoms with Gasteiger partial charge < -0.3 is 0 Å². The molecule has 3 heterocycles.